The van der Waals surface area contributed by atoms with Crippen LogP contribution in [0.25, 0.3) is 0 Å². The smallest absolute Gasteiger partial charge is 0.0499 e. The zero-order chi connectivity index (χ0) is 10.8. The first kappa shape index (κ1) is 13.5. The van der Waals surface area contributed by atoms with Crippen molar-refractivity contribution in [2.75, 3.05) is 6.61 Å². The summed E-state index contributed by atoms with van der Waals surface area (Å²) in [6.45, 7) is 8.28. The quantitative estimate of drug-likeness (QED) is 0.465. The van der Waals surface area contributed by atoms with Gasteiger partial charge in [-0.3, -0.25) is 0 Å². The highest BCUT2D eigenvalue weighted by Crippen LogP contribution is 2.13. The zero-order valence-corrected chi connectivity index (χ0v) is 9.63. The summed E-state index contributed by atoms with van der Waals surface area (Å²) in [4.78, 5) is 0. The molecule has 1 N–H and O–H groups in total. The molecule has 0 amide bonds. The van der Waals surface area contributed by atoms with Gasteiger partial charge >= 0.3 is 0 Å². The van der Waals surface area contributed by atoms with E-state index >= 15 is 0 Å². The van der Waals surface area contributed by atoms with Gasteiger partial charge in [-0.15, -0.1) is 5.73 Å². The van der Waals surface area contributed by atoms with Crippen molar-refractivity contribution in [3.05, 3.63) is 18.4 Å². The van der Waals surface area contributed by atoms with Gasteiger partial charge in [0.1, 0.15) is 0 Å². The van der Waals surface area contributed by atoms with Gasteiger partial charge in [-0.05, 0) is 18.4 Å². The van der Waals surface area contributed by atoms with E-state index in [9.17, 15) is 0 Å². The number of aliphatic hydroxyl groups excluding tert-OH is 1. The minimum Gasteiger partial charge on any atom is -0.396 e. The number of hydrogen-bond acceptors (Lipinski definition) is 1. The second kappa shape index (κ2) is 9.05. The van der Waals surface area contributed by atoms with Gasteiger partial charge in [0.2, 0.25) is 0 Å². The van der Waals surface area contributed by atoms with E-state index in [1.807, 2.05) is 6.08 Å². The van der Waals surface area contributed by atoms with Crippen LogP contribution >= 0.6 is 0 Å². The van der Waals surface area contributed by atoms with Gasteiger partial charge in [0.25, 0.3) is 0 Å². The van der Waals surface area contributed by atoms with Crippen molar-refractivity contribution in [3.63, 3.8) is 0 Å². The normalized spacial score (nSPS) is 12.6. The maximum Gasteiger partial charge on any atom is 0.0499 e. The Balaban J connectivity index is 3.37. The Kier molecular flexibility index (Phi) is 8.72. The molecule has 0 aromatic heterocycles. The average molecular weight is 196 g/mol. The Labute approximate surface area is 88.5 Å². The molecule has 1 nitrogen and oxygen atoms in total. The summed E-state index contributed by atoms with van der Waals surface area (Å²) in [7, 11) is 0. The molecular weight excluding hydrogens is 172 g/mol. The van der Waals surface area contributed by atoms with Crippen LogP contribution < -0.4 is 0 Å². The lowest BCUT2D eigenvalue weighted by Gasteiger charge is -2.08. The van der Waals surface area contributed by atoms with Gasteiger partial charge < -0.3 is 5.11 Å². The third-order valence-corrected chi connectivity index (χ3v) is 2.44. The summed E-state index contributed by atoms with van der Waals surface area (Å²) in [6.07, 6.45) is 8.06. The minimum atomic E-state index is 0.229. The first-order valence-electron chi connectivity index (χ1n) is 5.67. The summed E-state index contributed by atoms with van der Waals surface area (Å²) < 4.78 is 0. The summed E-state index contributed by atoms with van der Waals surface area (Å²) in [5.41, 5.74) is 2.74. The van der Waals surface area contributed by atoms with Gasteiger partial charge in [-0.1, -0.05) is 46.1 Å². The third kappa shape index (κ3) is 8.10. The minimum absolute atomic E-state index is 0.229. The van der Waals surface area contributed by atoms with E-state index in [2.05, 4.69) is 26.2 Å². The molecule has 0 bridgehead atoms. The number of hydrogen-bond donors (Lipinski definition) is 1. The van der Waals surface area contributed by atoms with Gasteiger partial charge in [0.05, 0.1) is 0 Å². The maximum absolute atomic E-state index is 9.00. The van der Waals surface area contributed by atoms with Crippen LogP contribution in [0.2, 0.25) is 0 Å². The second-order valence-corrected chi connectivity index (χ2v) is 4.35. The van der Waals surface area contributed by atoms with Crippen molar-refractivity contribution >= 4 is 0 Å². The standard InChI is InChI=1S/C13H24O/c1-4-8-13(11-14)10-7-5-6-9-12(2)3/h8,12-14H,1,5-7,9-11H2,2-3H3. The van der Waals surface area contributed by atoms with Gasteiger partial charge in [0, 0.05) is 12.5 Å². The zero-order valence-electron chi connectivity index (χ0n) is 9.63. The average Bonchev–Trinajstić information content (AvgIpc) is 2.15. The molecule has 0 rings (SSSR count). The predicted octanol–water partition coefficient (Wildman–Crippen LogP) is 3.54. The molecule has 0 aromatic carbocycles. The maximum atomic E-state index is 9.00. The fourth-order valence-electron chi connectivity index (χ4n) is 1.53. The molecule has 0 saturated carbocycles. The lowest BCUT2D eigenvalue weighted by Crippen LogP contribution is -2.01. The fraction of sp³-hybridized carbons (Fsp3) is 0.769. The van der Waals surface area contributed by atoms with Crippen LogP contribution in [0, 0.1) is 11.8 Å². The Morgan fingerprint density at radius 2 is 1.86 bits per heavy atom. The molecule has 1 atom stereocenters. The van der Waals surface area contributed by atoms with E-state index in [0.717, 1.165) is 12.3 Å². The molecule has 0 saturated heterocycles. The Hall–Kier alpha value is -0.520. The predicted molar refractivity (Wildman–Crippen MR) is 62.2 cm³/mol. The van der Waals surface area contributed by atoms with Gasteiger partial charge in [-0.25, -0.2) is 0 Å². The van der Waals surface area contributed by atoms with E-state index in [1.54, 1.807) is 0 Å². The first-order valence-corrected chi connectivity index (χ1v) is 5.67. The van der Waals surface area contributed by atoms with Crippen LogP contribution in [-0.4, -0.2) is 11.7 Å². The Morgan fingerprint density at radius 3 is 2.36 bits per heavy atom. The van der Waals surface area contributed by atoms with E-state index in [1.165, 1.54) is 25.7 Å². The first-order chi connectivity index (χ1) is 6.70. The largest absolute Gasteiger partial charge is 0.396 e. The van der Waals surface area contributed by atoms with Crippen molar-refractivity contribution in [3.8, 4) is 0 Å². The molecule has 1 heteroatoms. The molecule has 0 spiro atoms. The Morgan fingerprint density at radius 1 is 1.21 bits per heavy atom. The lowest BCUT2D eigenvalue weighted by molar-refractivity contribution is 0.243. The molecule has 14 heavy (non-hydrogen) atoms. The molecule has 0 radical (unpaired) electrons. The summed E-state index contributed by atoms with van der Waals surface area (Å²) >= 11 is 0. The molecule has 0 aromatic rings. The van der Waals surface area contributed by atoms with Crippen molar-refractivity contribution in [2.24, 2.45) is 11.8 Å². The van der Waals surface area contributed by atoms with E-state index in [-0.39, 0.29) is 12.5 Å². The van der Waals surface area contributed by atoms with E-state index in [0.29, 0.717) is 0 Å². The molecule has 0 aliphatic rings. The SMILES string of the molecule is C=C=CC(CO)CCCCCC(C)C. The third-order valence-electron chi connectivity index (χ3n) is 2.44. The van der Waals surface area contributed by atoms with E-state index < -0.39 is 0 Å². The van der Waals surface area contributed by atoms with E-state index in [4.69, 9.17) is 5.11 Å². The van der Waals surface area contributed by atoms with Gasteiger partial charge in [-0.2, -0.15) is 0 Å². The molecule has 0 heterocycles. The molecular formula is C13H24O. The van der Waals surface area contributed by atoms with Crippen LogP contribution in [0.4, 0.5) is 0 Å². The highest BCUT2D eigenvalue weighted by Gasteiger charge is 2.02. The lowest BCUT2D eigenvalue weighted by atomic mass is 9.99. The Bertz CT molecular complexity index is 166. The number of unbranched alkanes of at least 4 members (excludes halogenated alkanes) is 2. The van der Waals surface area contributed by atoms with Crippen molar-refractivity contribution in [2.45, 2.75) is 46.0 Å². The molecule has 82 valence electrons. The highest BCUT2D eigenvalue weighted by molar-refractivity contribution is 4.83. The monoisotopic (exact) mass is 196 g/mol. The van der Waals surface area contributed by atoms with Crippen molar-refractivity contribution < 1.29 is 5.11 Å². The summed E-state index contributed by atoms with van der Waals surface area (Å²) in [5.74, 6) is 1.09. The van der Waals surface area contributed by atoms with Gasteiger partial charge in [0.15, 0.2) is 0 Å². The van der Waals surface area contributed by atoms with Crippen molar-refractivity contribution in [1.29, 1.82) is 0 Å². The highest BCUT2D eigenvalue weighted by atomic mass is 16.3. The fourth-order valence-corrected chi connectivity index (χ4v) is 1.53. The molecule has 0 aliphatic heterocycles. The van der Waals surface area contributed by atoms with Crippen LogP contribution in [0.5, 0.6) is 0 Å². The van der Waals surface area contributed by atoms with Crippen LogP contribution in [0.15, 0.2) is 18.4 Å². The van der Waals surface area contributed by atoms with Crippen LogP contribution in [0.1, 0.15) is 46.0 Å². The molecule has 0 fully saturated rings. The topological polar surface area (TPSA) is 20.2 Å². The summed E-state index contributed by atoms with van der Waals surface area (Å²) in [5, 5.41) is 9.00. The molecule has 1 unspecified atom stereocenters. The van der Waals surface area contributed by atoms with Crippen LogP contribution in [-0.2, 0) is 0 Å². The van der Waals surface area contributed by atoms with Crippen LogP contribution in [0.3, 0.4) is 0 Å². The summed E-state index contributed by atoms with van der Waals surface area (Å²) in [6, 6.07) is 0. The number of rotatable bonds is 8. The second-order valence-electron chi connectivity index (χ2n) is 4.35. The molecule has 0 aliphatic carbocycles. The van der Waals surface area contributed by atoms with Crippen molar-refractivity contribution in [1.82, 2.24) is 0 Å². The number of aliphatic hydroxyl groups is 1.